The Hall–Kier alpha value is -2.83. The average molecular weight is 397 g/mol. The van der Waals surface area contributed by atoms with Crippen LogP contribution >= 0.6 is 0 Å². The molecule has 0 saturated carbocycles. The fourth-order valence-electron chi connectivity index (χ4n) is 3.45. The predicted molar refractivity (Wildman–Crippen MR) is 117 cm³/mol. The molecule has 0 bridgehead atoms. The van der Waals surface area contributed by atoms with Crippen LogP contribution in [0.25, 0.3) is 11.0 Å². The SMILES string of the molecule is CCNC(=NCc1cc(C(CC)CC)no1)NCCCn1cnc2ccccc21. The van der Waals surface area contributed by atoms with Gasteiger partial charge in [0.05, 0.1) is 23.1 Å². The van der Waals surface area contributed by atoms with Gasteiger partial charge in [0.15, 0.2) is 11.7 Å². The maximum atomic E-state index is 5.47. The summed E-state index contributed by atoms with van der Waals surface area (Å²) in [6.45, 7) is 9.46. The number of benzene rings is 1. The summed E-state index contributed by atoms with van der Waals surface area (Å²) in [5.74, 6) is 2.06. The Morgan fingerprint density at radius 3 is 2.79 bits per heavy atom. The summed E-state index contributed by atoms with van der Waals surface area (Å²) in [5, 5.41) is 10.9. The van der Waals surface area contributed by atoms with E-state index < -0.39 is 0 Å². The van der Waals surface area contributed by atoms with Crippen LogP contribution in [0.3, 0.4) is 0 Å². The van der Waals surface area contributed by atoms with Gasteiger partial charge in [-0.1, -0.05) is 31.1 Å². The van der Waals surface area contributed by atoms with Gasteiger partial charge in [-0.3, -0.25) is 0 Å². The summed E-state index contributed by atoms with van der Waals surface area (Å²) in [6.07, 6.45) is 5.03. The topological polar surface area (TPSA) is 80.3 Å². The number of aryl methyl sites for hydroxylation is 1. The molecular weight excluding hydrogens is 364 g/mol. The monoisotopic (exact) mass is 396 g/mol. The lowest BCUT2D eigenvalue weighted by molar-refractivity contribution is 0.372. The van der Waals surface area contributed by atoms with Crippen LogP contribution in [-0.4, -0.2) is 33.8 Å². The van der Waals surface area contributed by atoms with Crippen molar-refractivity contribution in [3.8, 4) is 0 Å². The standard InChI is InChI=1S/C22H32N6O/c1-4-17(5-2)20-14-18(29-27-20)15-25-22(23-6-3)24-12-9-13-28-16-26-19-10-7-8-11-21(19)28/h7-8,10-11,14,16-17H,4-6,9,12-13,15H2,1-3H3,(H2,23,24,25). The van der Waals surface area contributed by atoms with Gasteiger partial charge in [0.2, 0.25) is 0 Å². The van der Waals surface area contributed by atoms with E-state index in [0.29, 0.717) is 12.5 Å². The van der Waals surface area contributed by atoms with Crippen LogP contribution in [0.15, 0.2) is 46.2 Å². The fraction of sp³-hybridized carbons (Fsp3) is 0.500. The number of nitrogens with zero attached hydrogens (tertiary/aromatic N) is 4. The van der Waals surface area contributed by atoms with E-state index in [1.807, 2.05) is 30.6 Å². The first kappa shape index (κ1) is 20.9. The van der Waals surface area contributed by atoms with E-state index in [1.165, 1.54) is 5.52 Å². The van der Waals surface area contributed by atoms with Crippen LogP contribution < -0.4 is 10.6 Å². The summed E-state index contributed by atoms with van der Waals surface area (Å²) in [6, 6.07) is 10.2. The first-order valence-electron chi connectivity index (χ1n) is 10.6. The molecule has 2 heterocycles. The van der Waals surface area contributed by atoms with Gasteiger partial charge < -0.3 is 19.7 Å². The summed E-state index contributed by atoms with van der Waals surface area (Å²) >= 11 is 0. The zero-order valence-electron chi connectivity index (χ0n) is 17.7. The van der Waals surface area contributed by atoms with E-state index in [0.717, 1.165) is 61.8 Å². The van der Waals surface area contributed by atoms with Gasteiger partial charge in [0.1, 0.15) is 6.54 Å². The van der Waals surface area contributed by atoms with Crippen molar-refractivity contribution in [1.82, 2.24) is 25.3 Å². The Morgan fingerprint density at radius 2 is 2.00 bits per heavy atom. The highest BCUT2D eigenvalue weighted by molar-refractivity contribution is 5.79. The van der Waals surface area contributed by atoms with Gasteiger partial charge in [-0.05, 0) is 38.3 Å². The highest BCUT2D eigenvalue weighted by Crippen LogP contribution is 2.22. The number of aromatic nitrogens is 3. The molecule has 1 aromatic carbocycles. The van der Waals surface area contributed by atoms with Gasteiger partial charge in [-0.2, -0.15) is 0 Å². The summed E-state index contributed by atoms with van der Waals surface area (Å²) in [7, 11) is 0. The van der Waals surface area contributed by atoms with Gasteiger partial charge in [-0.15, -0.1) is 0 Å². The Morgan fingerprint density at radius 1 is 1.17 bits per heavy atom. The predicted octanol–water partition coefficient (Wildman–Crippen LogP) is 4.07. The lowest BCUT2D eigenvalue weighted by Crippen LogP contribution is -2.38. The van der Waals surface area contributed by atoms with Gasteiger partial charge in [0, 0.05) is 31.6 Å². The molecule has 0 amide bonds. The van der Waals surface area contributed by atoms with Gasteiger partial charge in [-0.25, -0.2) is 9.98 Å². The number of imidazole rings is 1. The average Bonchev–Trinajstić information content (AvgIpc) is 3.38. The van der Waals surface area contributed by atoms with Crippen LogP contribution in [0, 0.1) is 0 Å². The molecule has 3 rings (SSSR count). The molecule has 7 nitrogen and oxygen atoms in total. The molecule has 0 spiro atoms. The van der Waals surface area contributed by atoms with Crippen LogP contribution in [0.2, 0.25) is 0 Å². The number of rotatable bonds is 10. The highest BCUT2D eigenvalue weighted by atomic mass is 16.5. The number of para-hydroxylation sites is 2. The van der Waals surface area contributed by atoms with Gasteiger partial charge >= 0.3 is 0 Å². The highest BCUT2D eigenvalue weighted by Gasteiger charge is 2.12. The molecule has 0 saturated heterocycles. The maximum Gasteiger partial charge on any atom is 0.191 e. The number of fused-ring (bicyclic) bond motifs is 1. The fourth-order valence-corrected chi connectivity index (χ4v) is 3.45. The van der Waals surface area contributed by atoms with E-state index in [1.54, 1.807) is 0 Å². The Bertz CT molecular complexity index is 909. The second kappa shape index (κ2) is 10.6. The molecule has 0 aliphatic heterocycles. The van der Waals surface area contributed by atoms with Crippen molar-refractivity contribution in [3.05, 3.63) is 48.1 Å². The molecule has 0 aliphatic carbocycles. The molecule has 7 heteroatoms. The quantitative estimate of drug-likeness (QED) is 0.307. The van der Waals surface area contributed by atoms with Crippen molar-refractivity contribution >= 4 is 17.0 Å². The third kappa shape index (κ3) is 5.59. The summed E-state index contributed by atoms with van der Waals surface area (Å²) in [5.41, 5.74) is 3.24. The van der Waals surface area contributed by atoms with E-state index >= 15 is 0 Å². The number of hydrogen-bond donors (Lipinski definition) is 2. The molecule has 0 unspecified atom stereocenters. The maximum absolute atomic E-state index is 5.47. The number of guanidine groups is 1. The minimum absolute atomic E-state index is 0.460. The minimum atomic E-state index is 0.460. The molecule has 0 fully saturated rings. The van der Waals surface area contributed by atoms with Crippen molar-refractivity contribution in [2.45, 2.75) is 59.0 Å². The van der Waals surface area contributed by atoms with Crippen LogP contribution in [0.5, 0.6) is 0 Å². The number of nitrogens with one attached hydrogen (secondary N) is 2. The Labute approximate surface area is 172 Å². The molecule has 0 radical (unpaired) electrons. The molecule has 29 heavy (non-hydrogen) atoms. The molecule has 2 N–H and O–H groups in total. The van der Waals surface area contributed by atoms with Crippen molar-refractivity contribution in [3.63, 3.8) is 0 Å². The van der Waals surface area contributed by atoms with E-state index in [9.17, 15) is 0 Å². The second-order valence-corrected chi connectivity index (χ2v) is 7.13. The lowest BCUT2D eigenvalue weighted by Gasteiger charge is -2.11. The van der Waals surface area contributed by atoms with Crippen molar-refractivity contribution in [2.75, 3.05) is 13.1 Å². The van der Waals surface area contributed by atoms with Crippen LogP contribution in [0.1, 0.15) is 57.4 Å². The Balaban J connectivity index is 1.50. The number of aliphatic imine (C=N–C) groups is 1. The zero-order chi connectivity index (χ0) is 20.5. The second-order valence-electron chi connectivity index (χ2n) is 7.13. The van der Waals surface area contributed by atoms with Crippen LogP contribution in [0.4, 0.5) is 0 Å². The first-order valence-corrected chi connectivity index (χ1v) is 10.6. The van der Waals surface area contributed by atoms with Gasteiger partial charge in [0.25, 0.3) is 0 Å². The third-order valence-corrected chi connectivity index (χ3v) is 5.11. The van der Waals surface area contributed by atoms with Crippen molar-refractivity contribution < 1.29 is 4.52 Å². The summed E-state index contributed by atoms with van der Waals surface area (Å²) in [4.78, 5) is 9.08. The lowest BCUT2D eigenvalue weighted by atomic mass is 9.99. The van der Waals surface area contributed by atoms with E-state index in [-0.39, 0.29) is 0 Å². The smallest absolute Gasteiger partial charge is 0.191 e. The Kier molecular flexibility index (Phi) is 7.67. The molecular formula is C22H32N6O. The van der Waals surface area contributed by atoms with E-state index in [4.69, 9.17) is 4.52 Å². The van der Waals surface area contributed by atoms with Crippen molar-refractivity contribution in [1.29, 1.82) is 0 Å². The van der Waals surface area contributed by atoms with Crippen LogP contribution in [-0.2, 0) is 13.1 Å². The molecule has 3 aromatic rings. The summed E-state index contributed by atoms with van der Waals surface area (Å²) < 4.78 is 7.66. The third-order valence-electron chi connectivity index (χ3n) is 5.11. The zero-order valence-corrected chi connectivity index (χ0v) is 17.7. The largest absolute Gasteiger partial charge is 0.359 e. The minimum Gasteiger partial charge on any atom is -0.359 e. The molecule has 0 aliphatic rings. The molecule has 2 aromatic heterocycles. The first-order chi connectivity index (χ1) is 14.2. The molecule has 156 valence electrons. The normalized spacial score (nSPS) is 12.1. The number of hydrogen-bond acceptors (Lipinski definition) is 4. The molecule has 0 atom stereocenters. The van der Waals surface area contributed by atoms with Crippen molar-refractivity contribution in [2.24, 2.45) is 4.99 Å². The van der Waals surface area contributed by atoms with E-state index in [2.05, 4.69) is 57.2 Å².